The van der Waals surface area contributed by atoms with E-state index in [0.29, 0.717) is 13.0 Å². The van der Waals surface area contributed by atoms with Gasteiger partial charge in [0, 0.05) is 5.41 Å². The molecule has 0 aromatic heterocycles. The molecule has 0 aromatic carbocycles. The number of carbonyl (C=O) groups is 1. The minimum Gasteiger partial charge on any atom is -0.394 e. The zero-order chi connectivity index (χ0) is 20.8. The minimum absolute atomic E-state index is 0.0751. The zero-order valence-electron chi connectivity index (χ0n) is 18.4. The summed E-state index contributed by atoms with van der Waals surface area (Å²) in [4.78, 5) is 13.0. The topological polar surface area (TPSA) is 76.0 Å². The standard InChI is InChI=1S/C21H42O5/c1-18(2,3)10-11-19(4,5)17(24)21(8,9)25-13-12-20(6,7)26-15-16(23)14-22/h16,22-23H,10-15H2,1-9H3. The Hall–Kier alpha value is -0.490. The number of hydrogen-bond acceptors (Lipinski definition) is 5. The van der Waals surface area contributed by atoms with Crippen LogP contribution in [-0.4, -0.2) is 53.1 Å². The van der Waals surface area contributed by atoms with Crippen LogP contribution in [0.2, 0.25) is 0 Å². The largest absolute Gasteiger partial charge is 0.394 e. The van der Waals surface area contributed by atoms with Gasteiger partial charge in [0.05, 0.1) is 25.4 Å². The first-order chi connectivity index (χ1) is 11.5. The number of ketones is 1. The fraction of sp³-hybridized carbons (Fsp3) is 0.952. The highest BCUT2D eigenvalue weighted by Crippen LogP contribution is 2.35. The van der Waals surface area contributed by atoms with Gasteiger partial charge in [-0.15, -0.1) is 0 Å². The van der Waals surface area contributed by atoms with Gasteiger partial charge in [-0.1, -0.05) is 34.6 Å². The maximum Gasteiger partial charge on any atom is 0.169 e. The monoisotopic (exact) mass is 374 g/mol. The van der Waals surface area contributed by atoms with E-state index in [1.54, 1.807) is 0 Å². The molecule has 2 N–H and O–H groups in total. The van der Waals surface area contributed by atoms with E-state index in [1.807, 2.05) is 41.5 Å². The van der Waals surface area contributed by atoms with E-state index in [4.69, 9.17) is 14.6 Å². The second kappa shape index (κ2) is 9.63. The maximum atomic E-state index is 13.0. The summed E-state index contributed by atoms with van der Waals surface area (Å²) in [6.45, 7) is 18.2. The molecule has 0 spiro atoms. The molecule has 0 fully saturated rings. The van der Waals surface area contributed by atoms with Crippen molar-refractivity contribution in [1.29, 1.82) is 0 Å². The molecule has 1 unspecified atom stereocenters. The van der Waals surface area contributed by atoms with Gasteiger partial charge in [0.15, 0.2) is 5.78 Å². The molecular formula is C21H42O5. The van der Waals surface area contributed by atoms with Crippen molar-refractivity contribution in [1.82, 2.24) is 0 Å². The molecule has 0 bridgehead atoms. The summed E-state index contributed by atoms with van der Waals surface area (Å²) in [6, 6.07) is 0. The van der Waals surface area contributed by atoms with Crippen molar-refractivity contribution in [2.24, 2.45) is 10.8 Å². The van der Waals surface area contributed by atoms with Crippen molar-refractivity contribution in [3.05, 3.63) is 0 Å². The van der Waals surface area contributed by atoms with Crippen molar-refractivity contribution in [2.75, 3.05) is 19.8 Å². The second-order valence-corrected chi connectivity index (χ2v) is 10.3. The Kier molecular flexibility index (Phi) is 9.45. The quantitative estimate of drug-likeness (QED) is 0.544. The highest BCUT2D eigenvalue weighted by atomic mass is 16.5. The summed E-state index contributed by atoms with van der Waals surface area (Å²) in [5.41, 5.74) is -1.60. The molecule has 0 heterocycles. The van der Waals surface area contributed by atoms with Gasteiger partial charge in [-0.3, -0.25) is 4.79 Å². The average Bonchev–Trinajstić information content (AvgIpc) is 2.49. The van der Waals surface area contributed by atoms with Crippen molar-refractivity contribution in [2.45, 2.75) is 98.9 Å². The molecular weight excluding hydrogens is 332 g/mol. The molecule has 5 nitrogen and oxygen atoms in total. The average molecular weight is 375 g/mol. The lowest BCUT2D eigenvalue weighted by atomic mass is 9.73. The van der Waals surface area contributed by atoms with Crippen LogP contribution in [0.5, 0.6) is 0 Å². The van der Waals surface area contributed by atoms with Crippen LogP contribution in [0.15, 0.2) is 0 Å². The molecule has 0 amide bonds. The number of Topliss-reactive ketones (excluding diaryl/α,β-unsaturated/α-hetero) is 1. The van der Waals surface area contributed by atoms with Crippen LogP contribution < -0.4 is 0 Å². The first-order valence-corrected chi connectivity index (χ1v) is 9.64. The Bertz CT molecular complexity index is 432. The lowest BCUT2D eigenvalue weighted by Crippen LogP contribution is -2.45. The summed E-state index contributed by atoms with van der Waals surface area (Å²) in [5, 5.41) is 18.2. The number of rotatable bonds is 12. The molecule has 156 valence electrons. The molecule has 0 aliphatic heterocycles. The maximum absolute atomic E-state index is 13.0. The number of aliphatic hydroxyl groups excluding tert-OH is 2. The lowest BCUT2D eigenvalue weighted by molar-refractivity contribution is -0.153. The highest BCUT2D eigenvalue weighted by Gasteiger charge is 2.40. The Morgan fingerprint density at radius 3 is 1.88 bits per heavy atom. The fourth-order valence-corrected chi connectivity index (χ4v) is 2.68. The number of aliphatic hydroxyl groups is 2. The third-order valence-electron chi connectivity index (χ3n) is 4.71. The fourth-order valence-electron chi connectivity index (χ4n) is 2.68. The summed E-state index contributed by atoms with van der Waals surface area (Å²) >= 11 is 0. The Labute approximate surface area is 160 Å². The molecule has 0 saturated heterocycles. The van der Waals surface area contributed by atoms with Gasteiger partial charge in [-0.2, -0.15) is 0 Å². The van der Waals surface area contributed by atoms with Gasteiger partial charge in [-0.05, 0) is 52.4 Å². The van der Waals surface area contributed by atoms with Gasteiger partial charge in [0.2, 0.25) is 0 Å². The zero-order valence-corrected chi connectivity index (χ0v) is 18.4. The lowest BCUT2D eigenvalue weighted by Gasteiger charge is -2.36. The van der Waals surface area contributed by atoms with E-state index in [-0.39, 0.29) is 24.4 Å². The number of carbonyl (C=O) groups excluding carboxylic acids is 1. The molecule has 0 saturated carbocycles. The van der Waals surface area contributed by atoms with Gasteiger partial charge >= 0.3 is 0 Å². The third kappa shape index (κ3) is 10.0. The van der Waals surface area contributed by atoms with Crippen LogP contribution in [0.1, 0.15) is 81.6 Å². The number of ether oxygens (including phenoxy) is 2. The summed E-state index contributed by atoms with van der Waals surface area (Å²) in [7, 11) is 0. The second-order valence-electron chi connectivity index (χ2n) is 10.3. The predicted octanol–water partition coefficient (Wildman–Crippen LogP) is 3.74. The molecule has 0 aliphatic carbocycles. The van der Waals surface area contributed by atoms with E-state index < -0.39 is 22.7 Å². The molecule has 0 aliphatic rings. The van der Waals surface area contributed by atoms with Gasteiger partial charge < -0.3 is 19.7 Å². The first kappa shape index (κ1) is 25.5. The van der Waals surface area contributed by atoms with Crippen LogP contribution in [-0.2, 0) is 14.3 Å². The van der Waals surface area contributed by atoms with Crippen molar-refractivity contribution in [3.8, 4) is 0 Å². The van der Waals surface area contributed by atoms with Crippen molar-refractivity contribution >= 4 is 5.78 Å². The summed E-state index contributed by atoms with van der Waals surface area (Å²) < 4.78 is 11.6. The number of hydrogen-bond donors (Lipinski definition) is 2. The van der Waals surface area contributed by atoms with E-state index in [9.17, 15) is 9.90 Å². The van der Waals surface area contributed by atoms with Crippen LogP contribution >= 0.6 is 0 Å². The van der Waals surface area contributed by atoms with Crippen molar-refractivity contribution < 1.29 is 24.5 Å². The summed E-state index contributed by atoms with van der Waals surface area (Å²) in [6.07, 6.45) is 1.52. The third-order valence-corrected chi connectivity index (χ3v) is 4.71. The van der Waals surface area contributed by atoms with E-state index in [2.05, 4.69) is 20.8 Å². The van der Waals surface area contributed by atoms with Crippen LogP contribution in [0.3, 0.4) is 0 Å². The Morgan fingerprint density at radius 2 is 1.42 bits per heavy atom. The first-order valence-electron chi connectivity index (χ1n) is 9.64. The Balaban J connectivity index is 4.60. The molecule has 1 atom stereocenters. The Morgan fingerprint density at radius 1 is 0.885 bits per heavy atom. The van der Waals surface area contributed by atoms with Crippen molar-refractivity contribution in [3.63, 3.8) is 0 Å². The van der Waals surface area contributed by atoms with Gasteiger partial charge in [-0.25, -0.2) is 0 Å². The molecule has 0 radical (unpaired) electrons. The molecule has 26 heavy (non-hydrogen) atoms. The summed E-state index contributed by atoms with van der Waals surface area (Å²) in [5.74, 6) is 0.115. The highest BCUT2D eigenvalue weighted by molar-refractivity contribution is 5.91. The normalized spacial score (nSPS) is 15.2. The smallest absolute Gasteiger partial charge is 0.169 e. The van der Waals surface area contributed by atoms with Gasteiger partial charge in [0.1, 0.15) is 11.7 Å². The van der Waals surface area contributed by atoms with E-state index in [1.165, 1.54) is 0 Å². The molecule has 0 rings (SSSR count). The van der Waals surface area contributed by atoms with Crippen LogP contribution in [0, 0.1) is 10.8 Å². The van der Waals surface area contributed by atoms with Crippen LogP contribution in [0.25, 0.3) is 0 Å². The van der Waals surface area contributed by atoms with Gasteiger partial charge in [0.25, 0.3) is 0 Å². The molecule has 5 heteroatoms. The predicted molar refractivity (Wildman–Crippen MR) is 105 cm³/mol. The SMILES string of the molecule is CC(C)(C)CCC(C)(C)C(=O)C(C)(C)OCCC(C)(C)OCC(O)CO. The van der Waals surface area contributed by atoms with Crippen LogP contribution in [0.4, 0.5) is 0 Å². The molecule has 0 aromatic rings. The van der Waals surface area contributed by atoms with E-state index in [0.717, 1.165) is 12.8 Å². The minimum atomic E-state index is -0.878. The van der Waals surface area contributed by atoms with E-state index >= 15 is 0 Å².